The van der Waals surface area contributed by atoms with Gasteiger partial charge in [-0.05, 0) is 60.5 Å². The molecule has 1 unspecified atom stereocenters. The highest BCUT2D eigenvalue weighted by molar-refractivity contribution is 7.37. The van der Waals surface area contributed by atoms with Gasteiger partial charge in [-0.15, -0.1) is 0 Å². The summed E-state index contributed by atoms with van der Waals surface area (Å²) in [5.41, 5.74) is 1.22. The molecule has 3 aromatic rings. The average Bonchev–Trinajstić information content (AvgIpc) is 2.92. The smallest absolute Gasteiger partial charge is 0.328 e. The third-order valence-electron chi connectivity index (χ3n) is 5.78. The van der Waals surface area contributed by atoms with Crippen LogP contribution in [0.15, 0.2) is 89.3 Å². The van der Waals surface area contributed by atoms with Crippen molar-refractivity contribution in [2.75, 3.05) is 6.61 Å². The number of para-hydroxylation sites is 1. The van der Waals surface area contributed by atoms with Crippen molar-refractivity contribution in [1.82, 2.24) is 5.09 Å². The summed E-state index contributed by atoms with van der Waals surface area (Å²) < 4.78 is 24.5. The van der Waals surface area contributed by atoms with Crippen molar-refractivity contribution in [3.8, 4) is 11.5 Å². The number of rotatable bonds is 11. The van der Waals surface area contributed by atoms with Crippen LogP contribution in [0.25, 0.3) is 10.8 Å². The maximum absolute atomic E-state index is 12.6. The lowest BCUT2D eigenvalue weighted by atomic mass is 10.1. The van der Waals surface area contributed by atoms with E-state index < -0.39 is 20.2 Å². The van der Waals surface area contributed by atoms with Crippen LogP contribution in [-0.4, -0.2) is 46.4 Å². The number of nitrogens with one attached hydrogen (secondary N) is 1. The van der Waals surface area contributed by atoms with E-state index in [-0.39, 0.29) is 23.7 Å². The first-order valence-corrected chi connectivity index (χ1v) is 13.0. The van der Waals surface area contributed by atoms with E-state index in [1.54, 1.807) is 74.5 Å². The molecular weight excluding hydrogens is 507 g/mol. The highest BCUT2D eigenvalue weighted by Gasteiger charge is 2.21. The molecule has 10 heteroatoms. The van der Waals surface area contributed by atoms with E-state index in [2.05, 4.69) is 11.8 Å². The number of nitrogens with zero attached hydrogens (tertiary/aromatic N) is 1. The molecule has 198 valence electrons. The number of carbonyl (C=O) groups is 2. The summed E-state index contributed by atoms with van der Waals surface area (Å²) in [5.74, 6) is -0.214. The quantitative estimate of drug-likeness (QED) is 0.0366. The van der Waals surface area contributed by atoms with Gasteiger partial charge in [-0.25, -0.2) is 9.88 Å². The van der Waals surface area contributed by atoms with Gasteiger partial charge in [0.15, 0.2) is 12.0 Å². The zero-order valence-electron chi connectivity index (χ0n) is 21.3. The maximum atomic E-state index is 12.6. The van der Waals surface area contributed by atoms with Crippen molar-refractivity contribution in [2.45, 2.75) is 26.8 Å². The number of aldehydes is 1. The number of hydrogen-bond acceptors (Lipinski definition) is 7. The molecule has 9 nitrogen and oxygen atoms in total. The van der Waals surface area contributed by atoms with Crippen LogP contribution in [0.3, 0.4) is 0 Å². The van der Waals surface area contributed by atoms with Crippen LogP contribution in [0.4, 0.5) is 5.69 Å². The summed E-state index contributed by atoms with van der Waals surface area (Å²) >= 11 is 0. The zero-order chi connectivity index (χ0) is 27.8. The zero-order valence-corrected chi connectivity index (χ0v) is 22.3. The summed E-state index contributed by atoms with van der Waals surface area (Å²) in [5, 5.41) is 24.1. The first kappa shape index (κ1) is 28.5. The van der Waals surface area contributed by atoms with E-state index >= 15 is 0 Å². The maximum Gasteiger partial charge on any atom is 0.328 e. The van der Waals surface area contributed by atoms with Crippen molar-refractivity contribution >= 4 is 43.6 Å². The van der Waals surface area contributed by atoms with E-state index in [1.807, 2.05) is 6.07 Å². The van der Waals surface area contributed by atoms with E-state index in [0.29, 0.717) is 29.0 Å². The van der Waals surface area contributed by atoms with Crippen molar-refractivity contribution in [3.63, 3.8) is 0 Å². The molecule has 0 bridgehead atoms. The Kier molecular flexibility index (Phi) is 9.73. The number of ether oxygens (including phenoxy) is 1. The fourth-order valence-electron chi connectivity index (χ4n) is 3.47. The Bertz CT molecular complexity index is 1450. The Morgan fingerprint density at radius 3 is 2.42 bits per heavy atom. The molecule has 0 saturated heterocycles. The molecule has 0 radical (unpaired) electrons. The third-order valence-corrected chi connectivity index (χ3v) is 6.87. The van der Waals surface area contributed by atoms with Gasteiger partial charge in [-0.2, -0.15) is 4.58 Å². The van der Waals surface area contributed by atoms with Gasteiger partial charge in [-0.3, -0.25) is 9.36 Å². The highest BCUT2D eigenvalue weighted by atomic mass is 31.1. The normalized spacial score (nSPS) is 14.1. The van der Waals surface area contributed by atoms with Crippen LogP contribution in [0.5, 0.6) is 11.5 Å². The lowest BCUT2D eigenvalue weighted by molar-refractivity contribution is -0.375. The number of aliphatic hydroxyl groups is 2. The van der Waals surface area contributed by atoms with Gasteiger partial charge in [0.25, 0.3) is 0 Å². The van der Waals surface area contributed by atoms with E-state index in [9.17, 15) is 24.4 Å². The summed E-state index contributed by atoms with van der Waals surface area (Å²) in [6.07, 6.45) is 0.486. The second-order valence-electron chi connectivity index (χ2n) is 8.51. The Hall–Kier alpha value is -4.04. The second-order valence-corrected chi connectivity index (χ2v) is 9.58. The summed E-state index contributed by atoms with van der Waals surface area (Å²) in [7, 11) is -2.73. The first-order valence-electron chi connectivity index (χ1n) is 11.7. The molecule has 0 spiro atoms. The summed E-state index contributed by atoms with van der Waals surface area (Å²) in [6.45, 7) is 8.28. The summed E-state index contributed by atoms with van der Waals surface area (Å²) in [6, 6.07) is 18.3. The minimum Gasteiger partial charge on any atom is -0.502 e. The molecule has 3 rings (SSSR count). The molecule has 0 fully saturated rings. The van der Waals surface area contributed by atoms with E-state index in [1.165, 1.54) is 11.5 Å². The minimum absolute atomic E-state index is 0.00639. The molecule has 0 aliphatic heterocycles. The van der Waals surface area contributed by atoms with Gasteiger partial charge in [0.05, 0.1) is 12.2 Å². The largest absolute Gasteiger partial charge is 0.502 e. The van der Waals surface area contributed by atoms with Gasteiger partial charge in [0.2, 0.25) is 11.4 Å². The van der Waals surface area contributed by atoms with Gasteiger partial charge >= 0.3 is 14.1 Å². The topological polar surface area (TPSA) is 125 Å². The van der Waals surface area contributed by atoms with Crippen LogP contribution in [0.1, 0.15) is 20.8 Å². The lowest BCUT2D eigenvalue weighted by Gasteiger charge is -2.14. The Morgan fingerprint density at radius 2 is 1.76 bits per heavy atom. The number of aliphatic hydroxyl groups excluding tert-OH is 2. The molecule has 0 heterocycles. The molecule has 2 atom stereocenters. The van der Waals surface area contributed by atoms with Crippen molar-refractivity contribution in [2.24, 2.45) is 0 Å². The van der Waals surface area contributed by atoms with Crippen molar-refractivity contribution < 1.29 is 38.2 Å². The Balaban J connectivity index is 1.76. The highest BCUT2D eigenvalue weighted by Crippen LogP contribution is 2.28. The molecule has 0 aromatic heterocycles. The van der Waals surface area contributed by atoms with Gasteiger partial charge in [-0.1, -0.05) is 24.3 Å². The second kappa shape index (κ2) is 13.0. The number of allylic oxidation sites excluding steroid dienone is 2. The minimum atomic E-state index is -2.73. The van der Waals surface area contributed by atoms with Gasteiger partial charge in [0, 0.05) is 19.1 Å². The molecular formula is C28H30N2O7P+. The van der Waals surface area contributed by atoms with Crippen LogP contribution in [-0.2, 0) is 14.2 Å². The fourth-order valence-corrected chi connectivity index (χ4v) is 4.35. The number of esters is 1. The van der Waals surface area contributed by atoms with Crippen molar-refractivity contribution in [1.29, 1.82) is 0 Å². The van der Waals surface area contributed by atoms with Crippen LogP contribution >= 0.6 is 8.18 Å². The van der Waals surface area contributed by atoms with Gasteiger partial charge in [0.1, 0.15) is 24.3 Å². The number of hydrogen-bond donors (Lipinski definition) is 3. The lowest BCUT2D eigenvalue weighted by Crippen LogP contribution is -2.33. The predicted octanol–water partition coefficient (Wildman–Crippen LogP) is 4.83. The van der Waals surface area contributed by atoms with Crippen LogP contribution < -0.4 is 14.3 Å². The predicted molar refractivity (Wildman–Crippen MR) is 146 cm³/mol. The molecule has 0 aliphatic rings. The average molecular weight is 538 g/mol. The number of fused-ring (bicyclic) bond motifs is 1. The number of carbonyl (C=O) groups excluding carboxylic acids is 2. The monoisotopic (exact) mass is 537 g/mol. The first-order chi connectivity index (χ1) is 18.1. The van der Waals surface area contributed by atoms with Crippen LogP contribution in [0, 0.1) is 0 Å². The van der Waals surface area contributed by atoms with E-state index in [4.69, 9.17) is 9.26 Å². The Labute approximate surface area is 221 Å². The molecule has 0 amide bonds. The van der Waals surface area contributed by atoms with E-state index in [0.717, 1.165) is 10.8 Å². The molecule has 3 N–H and O–H groups in total. The number of benzene rings is 3. The van der Waals surface area contributed by atoms with Crippen molar-refractivity contribution in [3.05, 3.63) is 89.3 Å². The SMILES string of the molecule is C=[N+](/C(C)=C(O)\C(C=O)=C(/C)CO)c1ccc2ccc(OC(=O)[C@H](C)N[PH](=O)Oc3ccccc3)cc2c1. The van der Waals surface area contributed by atoms with Gasteiger partial charge < -0.3 is 19.5 Å². The summed E-state index contributed by atoms with van der Waals surface area (Å²) in [4.78, 5) is 24.0. The Morgan fingerprint density at radius 1 is 1.08 bits per heavy atom. The molecule has 0 aliphatic carbocycles. The standard InChI is InChI=1S/C28H29N2O7P/c1-18(16-31)26(17-32)27(33)20(3)30(4)23-12-10-21-11-13-25(15-22(21)14-23)36-28(34)19(2)29-38(35)37-24-8-6-5-7-9-24/h5-15,17,19,31,38H,4,16H2,1-3H3,(H-,29,33,35)/p+1/b26-18+,27-20+/t19-/m0/s1. The molecule has 3 aromatic carbocycles. The fraction of sp³-hybridized carbons (Fsp3) is 0.179. The van der Waals surface area contributed by atoms with Crippen LogP contribution in [0.2, 0.25) is 0 Å². The molecule has 38 heavy (non-hydrogen) atoms. The third kappa shape index (κ3) is 7.04. The molecule has 0 saturated carbocycles.